The fourth-order valence-electron chi connectivity index (χ4n) is 2.32. The van der Waals surface area contributed by atoms with Crippen LogP contribution in [0.4, 0.5) is 16.2 Å². The molecule has 6 nitrogen and oxygen atoms in total. The van der Waals surface area contributed by atoms with Gasteiger partial charge in [0, 0.05) is 5.69 Å². The van der Waals surface area contributed by atoms with Gasteiger partial charge in [0.25, 0.3) is 0 Å². The Labute approximate surface area is 146 Å². The van der Waals surface area contributed by atoms with Gasteiger partial charge in [-0.25, -0.2) is 4.79 Å². The highest BCUT2D eigenvalue weighted by atomic mass is 16.5. The highest BCUT2D eigenvalue weighted by Crippen LogP contribution is 2.34. The average molecular weight is 340 g/mol. The summed E-state index contributed by atoms with van der Waals surface area (Å²) < 4.78 is 10.9. The van der Waals surface area contributed by atoms with E-state index in [0.29, 0.717) is 17.1 Å². The molecule has 1 heterocycles. The van der Waals surface area contributed by atoms with Crippen molar-refractivity contribution in [2.45, 2.75) is 20.5 Å². The molecule has 0 spiro atoms. The number of nitrogens with one attached hydrogen (secondary N) is 2. The quantitative estimate of drug-likeness (QED) is 0.891. The van der Waals surface area contributed by atoms with Crippen LogP contribution in [0.1, 0.15) is 19.4 Å². The fraction of sp³-hybridized carbons (Fsp3) is 0.263. The second-order valence-electron chi connectivity index (χ2n) is 6.52. The minimum Gasteiger partial charge on any atom is -0.490 e. The summed E-state index contributed by atoms with van der Waals surface area (Å²) in [5.41, 5.74) is 1.32. The van der Waals surface area contributed by atoms with Gasteiger partial charge in [-0.3, -0.25) is 10.1 Å². The monoisotopic (exact) mass is 340 g/mol. The van der Waals surface area contributed by atoms with Gasteiger partial charge in [0.15, 0.2) is 0 Å². The summed E-state index contributed by atoms with van der Waals surface area (Å²) in [5.74, 6) is 0.442. The van der Waals surface area contributed by atoms with Gasteiger partial charge in [0.05, 0.1) is 11.1 Å². The SMILES string of the molecule is CC1(C)COc2ccc(NC(=O)OCc3ccccc3)cc2NC1=O. The largest absolute Gasteiger partial charge is 0.490 e. The Morgan fingerprint density at radius 1 is 1.24 bits per heavy atom. The van der Waals surface area contributed by atoms with Crippen molar-refractivity contribution in [3.8, 4) is 5.75 Å². The molecule has 2 aromatic rings. The van der Waals surface area contributed by atoms with Crippen molar-refractivity contribution in [1.29, 1.82) is 0 Å². The van der Waals surface area contributed by atoms with Crippen molar-refractivity contribution in [1.82, 2.24) is 0 Å². The lowest BCUT2D eigenvalue weighted by Gasteiger charge is -2.18. The van der Waals surface area contributed by atoms with Gasteiger partial charge in [-0.1, -0.05) is 30.3 Å². The van der Waals surface area contributed by atoms with Crippen molar-refractivity contribution in [3.63, 3.8) is 0 Å². The van der Waals surface area contributed by atoms with Crippen LogP contribution in [0.3, 0.4) is 0 Å². The molecule has 1 aliphatic heterocycles. The van der Waals surface area contributed by atoms with Crippen LogP contribution in [0.15, 0.2) is 48.5 Å². The Bertz CT molecular complexity index is 787. The molecule has 0 unspecified atom stereocenters. The predicted octanol–water partition coefficient (Wildman–Crippen LogP) is 3.79. The minimum absolute atomic E-state index is 0.130. The molecular weight excluding hydrogens is 320 g/mol. The molecule has 2 N–H and O–H groups in total. The normalized spacial score (nSPS) is 15.2. The molecule has 0 saturated carbocycles. The maximum Gasteiger partial charge on any atom is 0.411 e. The summed E-state index contributed by atoms with van der Waals surface area (Å²) in [5, 5.41) is 5.48. The van der Waals surface area contributed by atoms with E-state index in [2.05, 4.69) is 10.6 Å². The third-order valence-electron chi connectivity index (χ3n) is 3.89. The standard InChI is InChI=1S/C19H20N2O4/c1-19(2)12-25-16-9-8-14(10-15(16)21-17(19)22)20-18(23)24-11-13-6-4-3-5-7-13/h3-10H,11-12H2,1-2H3,(H,20,23)(H,21,22). The van der Waals surface area contributed by atoms with E-state index < -0.39 is 11.5 Å². The van der Waals surface area contributed by atoms with Crippen molar-refractivity contribution in [3.05, 3.63) is 54.1 Å². The zero-order valence-electron chi connectivity index (χ0n) is 14.2. The molecule has 0 radical (unpaired) electrons. The number of rotatable bonds is 3. The first-order chi connectivity index (χ1) is 11.9. The minimum atomic E-state index is -0.624. The summed E-state index contributed by atoms with van der Waals surface area (Å²) in [6, 6.07) is 14.5. The topological polar surface area (TPSA) is 76.7 Å². The Morgan fingerprint density at radius 2 is 2.00 bits per heavy atom. The molecule has 0 aliphatic carbocycles. The van der Waals surface area contributed by atoms with Crippen LogP contribution >= 0.6 is 0 Å². The van der Waals surface area contributed by atoms with E-state index in [1.54, 1.807) is 18.2 Å². The number of anilines is 2. The van der Waals surface area contributed by atoms with Crippen molar-refractivity contribution >= 4 is 23.4 Å². The van der Waals surface area contributed by atoms with Crippen LogP contribution in [0, 0.1) is 5.41 Å². The van der Waals surface area contributed by atoms with Gasteiger partial charge in [-0.15, -0.1) is 0 Å². The first-order valence-electron chi connectivity index (χ1n) is 8.00. The third-order valence-corrected chi connectivity index (χ3v) is 3.89. The maximum atomic E-state index is 12.2. The van der Waals surface area contributed by atoms with Crippen LogP contribution in [-0.2, 0) is 16.1 Å². The fourth-order valence-corrected chi connectivity index (χ4v) is 2.32. The number of benzene rings is 2. The van der Waals surface area contributed by atoms with Gasteiger partial charge in [-0.2, -0.15) is 0 Å². The summed E-state index contributed by atoms with van der Waals surface area (Å²) >= 11 is 0. The molecule has 130 valence electrons. The van der Waals surface area contributed by atoms with Gasteiger partial charge in [0.1, 0.15) is 19.0 Å². The van der Waals surface area contributed by atoms with Crippen molar-refractivity contribution in [2.24, 2.45) is 5.41 Å². The number of ether oxygens (including phenoxy) is 2. The lowest BCUT2D eigenvalue weighted by atomic mass is 9.94. The summed E-state index contributed by atoms with van der Waals surface area (Å²) in [4.78, 5) is 24.1. The van der Waals surface area contributed by atoms with Crippen LogP contribution < -0.4 is 15.4 Å². The second kappa shape index (κ2) is 6.84. The average Bonchev–Trinajstić information content (AvgIpc) is 2.70. The molecule has 2 amide bonds. The molecule has 0 aromatic heterocycles. The van der Waals surface area contributed by atoms with E-state index in [0.717, 1.165) is 5.56 Å². The molecule has 0 fully saturated rings. The number of carbonyl (C=O) groups excluding carboxylic acids is 2. The first kappa shape index (κ1) is 16.8. The number of hydrogen-bond acceptors (Lipinski definition) is 4. The molecule has 1 aliphatic rings. The van der Waals surface area contributed by atoms with Crippen LogP contribution in [-0.4, -0.2) is 18.6 Å². The van der Waals surface area contributed by atoms with E-state index in [4.69, 9.17) is 9.47 Å². The van der Waals surface area contributed by atoms with Gasteiger partial charge >= 0.3 is 6.09 Å². The number of fused-ring (bicyclic) bond motifs is 1. The zero-order chi connectivity index (χ0) is 17.9. The Morgan fingerprint density at radius 3 is 2.76 bits per heavy atom. The highest BCUT2D eigenvalue weighted by Gasteiger charge is 2.32. The molecule has 25 heavy (non-hydrogen) atoms. The highest BCUT2D eigenvalue weighted by molar-refractivity contribution is 5.98. The Hall–Kier alpha value is -3.02. The van der Waals surface area contributed by atoms with E-state index in [9.17, 15) is 9.59 Å². The lowest BCUT2D eigenvalue weighted by Crippen LogP contribution is -2.33. The van der Waals surface area contributed by atoms with Gasteiger partial charge in [-0.05, 0) is 37.6 Å². The smallest absolute Gasteiger partial charge is 0.411 e. The Balaban J connectivity index is 1.64. The van der Waals surface area contributed by atoms with Crippen LogP contribution in [0.2, 0.25) is 0 Å². The van der Waals surface area contributed by atoms with Crippen LogP contribution in [0.25, 0.3) is 0 Å². The Kier molecular flexibility index (Phi) is 4.61. The van der Waals surface area contributed by atoms with E-state index in [-0.39, 0.29) is 19.1 Å². The number of hydrogen-bond donors (Lipinski definition) is 2. The molecule has 6 heteroatoms. The molecular formula is C19H20N2O4. The van der Waals surface area contributed by atoms with Gasteiger partial charge in [0.2, 0.25) is 5.91 Å². The number of amides is 2. The van der Waals surface area contributed by atoms with E-state index in [1.165, 1.54) is 0 Å². The second-order valence-corrected chi connectivity index (χ2v) is 6.52. The molecule has 3 rings (SSSR count). The summed E-state index contributed by atoms with van der Waals surface area (Å²) in [6.45, 7) is 4.10. The third kappa shape index (κ3) is 4.09. The van der Waals surface area contributed by atoms with Gasteiger partial charge < -0.3 is 14.8 Å². The van der Waals surface area contributed by atoms with Crippen LogP contribution in [0.5, 0.6) is 5.75 Å². The summed E-state index contributed by atoms with van der Waals surface area (Å²) in [6.07, 6.45) is -0.565. The first-order valence-corrected chi connectivity index (χ1v) is 8.00. The number of carbonyl (C=O) groups is 2. The van der Waals surface area contributed by atoms with E-state index in [1.807, 2.05) is 44.2 Å². The molecule has 0 bridgehead atoms. The maximum absolute atomic E-state index is 12.2. The lowest BCUT2D eigenvalue weighted by molar-refractivity contribution is -0.124. The van der Waals surface area contributed by atoms with E-state index >= 15 is 0 Å². The zero-order valence-corrected chi connectivity index (χ0v) is 14.2. The predicted molar refractivity (Wildman–Crippen MR) is 94.6 cm³/mol. The van der Waals surface area contributed by atoms with Crippen molar-refractivity contribution < 1.29 is 19.1 Å². The molecule has 0 saturated heterocycles. The molecule has 2 aromatic carbocycles. The summed E-state index contributed by atoms with van der Waals surface area (Å²) in [7, 11) is 0. The molecule has 0 atom stereocenters. The van der Waals surface area contributed by atoms with Crippen molar-refractivity contribution in [2.75, 3.05) is 17.2 Å².